The van der Waals surface area contributed by atoms with Crippen molar-refractivity contribution < 1.29 is 33.0 Å². The minimum absolute atomic E-state index is 0.0311. The number of amidine groups is 1. The topological polar surface area (TPSA) is 113 Å². The Hall–Kier alpha value is -3.22. The third-order valence-corrected chi connectivity index (χ3v) is 6.51. The molecular formula is C23H24F2N4O5S. The van der Waals surface area contributed by atoms with Gasteiger partial charge in [0.1, 0.15) is 12.1 Å². The van der Waals surface area contributed by atoms with Gasteiger partial charge in [0.2, 0.25) is 0 Å². The average molecular weight is 507 g/mol. The third kappa shape index (κ3) is 5.24. The van der Waals surface area contributed by atoms with Crippen molar-refractivity contribution in [1.82, 2.24) is 15.2 Å². The molecule has 4 rings (SSSR count). The normalized spacial score (nSPS) is 23.0. The first kappa shape index (κ1) is 24.9. The van der Waals surface area contributed by atoms with Gasteiger partial charge in [-0.25, -0.2) is 18.6 Å². The molecule has 0 aliphatic carbocycles. The number of hydrogen-bond acceptors (Lipinski definition) is 9. The maximum atomic E-state index is 14.2. The number of hydrogen-bond donors (Lipinski definition) is 2. The summed E-state index contributed by atoms with van der Waals surface area (Å²) in [6, 6.07) is 1.33. The molecule has 3 heterocycles. The lowest BCUT2D eigenvalue weighted by Crippen LogP contribution is -2.56. The van der Waals surface area contributed by atoms with Crippen molar-refractivity contribution in [3.05, 3.63) is 63.3 Å². The van der Waals surface area contributed by atoms with Crippen LogP contribution in [0.3, 0.4) is 0 Å². The molecule has 2 aromatic rings. The number of halogens is 2. The fraction of sp³-hybridized carbons (Fsp3) is 0.391. The van der Waals surface area contributed by atoms with Crippen molar-refractivity contribution in [1.29, 1.82) is 0 Å². The number of nitrogens with zero attached hydrogens (tertiary/aromatic N) is 3. The Morgan fingerprint density at radius 3 is 2.80 bits per heavy atom. The summed E-state index contributed by atoms with van der Waals surface area (Å²) in [5, 5.41) is 15.2. The molecule has 1 aromatic carbocycles. The summed E-state index contributed by atoms with van der Waals surface area (Å²) < 4.78 is 38.6. The maximum absolute atomic E-state index is 14.2. The Bertz CT molecular complexity index is 1170. The fourth-order valence-corrected chi connectivity index (χ4v) is 4.75. The number of aliphatic carboxylic acids is 1. The summed E-state index contributed by atoms with van der Waals surface area (Å²) >= 11 is 1.30. The molecule has 0 bridgehead atoms. The Labute approximate surface area is 204 Å². The number of carboxylic acids is 1. The minimum Gasteiger partial charge on any atom is -0.480 e. The van der Waals surface area contributed by atoms with Crippen molar-refractivity contribution in [2.45, 2.75) is 32.0 Å². The first-order valence-electron chi connectivity index (χ1n) is 11.0. The molecule has 1 saturated heterocycles. The van der Waals surface area contributed by atoms with Gasteiger partial charge in [-0.1, -0.05) is 6.07 Å². The molecule has 3 atom stereocenters. The number of aromatic nitrogens is 1. The van der Waals surface area contributed by atoms with Crippen molar-refractivity contribution >= 4 is 29.1 Å². The van der Waals surface area contributed by atoms with Gasteiger partial charge in [0, 0.05) is 30.4 Å². The van der Waals surface area contributed by atoms with Crippen LogP contribution in [-0.4, -0.2) is 71.2 Å². The lowest BCUT2D eigenvalue weighted by atomic mass is 9.94. The van der Waals surface area contributed by atoms with Crippen LogP contribution in [0, 0.1) is 11.6 Å². The van der Waals surface area contributed by atoms with E-state index in [-0.39, 0.29) is 24.3 Å². The second kappa shape index (κ2) is 10.6. The predicted octanol–water partition coefficient (Wildman–Crippen LogP) is 2.50. The van der Waals surface area contributed by atoms with Gasteiger partial charge in [-0.2, -0.15) is 0 Å². The van der Waals surface area contributed by atoms with Crippen LogP contribution in [0.4, 0.5) is 8.78 Å². The van der Waals surface area contributed by atoms with Crippen molar-refractivity contribution in [2.75, 3.05) is 26.3 Å². The lowest BCUT2D eigenvalue weighted by Gasteiger charge is -2.38. The van der Waals surface area contributed by atoms with E-state index in [1.165, 1.54) is 17.4 Å². The number of morpholine rings is 1. The van der Waals surface area contributed by atoms with Crippen LogP contribution < -0.4 is 5.32 Å². The predicted molar refractivity (Wildman–Crippen MR) is 123 cm³/mol. The molecule has 0 saturated carbocycles. The maximum Gasteiger partial charge on any atom is 0.338 e. The first-order valence-corrected chi connectivity index (χ1v) is 11.9. The molecule has 2 aliphatic heterocycles. The fourth-order valence-electron chi connectivity index (χ4n) is 4.16. The second-order valence-corrected chi connectivity index (χ2v) is 8.85. The van der Waals surface area contributed by atoms with Crippen LogP contribution in [0.2, 0.25) is 0 Å². The van der Waals surface area contributed by atoms with Gasteiger partial charge in [-0.3, -0.25) is 14.7 Å². The number of carbonyl (C=O) groups is 2. The van der Waals surface area contributed by atoms with E-state index >= 15 is 0 Å². The molecule has 0 radical (unpaired) electrons. The van der Waals surface area contributed by atoms with Crippen LogP contribution in [0.1, 0.15) is 30.5 Å². The van der Waals surface area contributed by atoms with Gasteiger partial charge >= 0.3 is 11.9 Å². The highest BCUT2D eigenvalue weighted by atomic mass is 32.1. The van der Waals surface area contributed by atoms with Gasteiger partial charge in [-0.15, -0.1) is 11.3 Å². The van der Waals surface area contributed by atoms with E-state index in [1.807, 2.05) is 0 Å². The third-order valence-electron chi connectivity index (χ3n) is 5.73. The molecule has 2 N–H and O–H groups in total. The Balaban J connectivity index is 1.83. The van der Waals surface area contributed by atoms with Crippen LogP contribution in [0.25, 0.3) is 0 Å². The summed E-state index contributed by atoms with van der Waals surface area (Å²) in [4.78, 5) is 35.7. The highest BCUT2D eigenvalue weighted by Crippen LogP contribution is 2.34. The summed E-state index contributed by atoms with van der Waals surface area (Å²) in [6.07, 6.45) is 1.01. The summed E-state index contributed by atoms with van der Waals surface area (Å²) in [7, 11) is 0. The van der Waals surface area contributed by atoms with E-state index in [1.54, 1.807) is 30.3 Å². The largest absolute Gasteiger partial charge is 0.480 e. The van der Waals surface area contributed by atoms with Gasteiger partial charge in [-0.05, 0) is 31.5 Å². The van der Waals surface area contributed by atoms with Gasteiger partial charge in [0.25, 0.3) is 0 Å². The van der Waals surface area contributed by atoms with E-state index in [4.69, 9.17) is 9.47 Å². The number of nitrogens with one attached hydrogen (secondary N) is 1. The van der Waals surface area contributed by atoms with E-state index in [2.05, 4.69) is 15.3 Å². The van der Waals surface area contributed by atoms with E-state index in [9.17, 15) is 23.5 Å². The van der Waals surface area contributed by atoms with Crippen LogP contribution >= 0.6 is 11.3 Å². The molecule has 0 spiro atoms. The zero-order valence-corrected chi connectivity index (χ0v) is 19.8. The number of benzene rings is 1. The monoisotopic (exact) mass is 506 g/mol. The quantitative estimate of drug-likeness (QED) is 0.551. The molecule has 35 heavy (non-hydrogen) atoms. The first-order chi connectivity index (χ1) is 16.8. The van der Waals surface area contributed by atoms with Crippen LogP contribution in [-0.2, 0) is 19.1 Å². The number of thiazole rings is 1. The number of rotatable bonds is 7. The number of ether oxygens (including phenoxy) is 2. The van der Waals surface area contributed by atoms with Crippen molar-refractivity contribution in [3.8, 4) is 0 Å². The van der Waals surface area contributed by atoms with Gasteiger partial charge in [0.15, 0.2) is 22.5 Å². The summed E-state index contributed by atoms with van der Waals surface area (Å²) in [5.74, 6) is -3.53. The molecule has 1 aromatic heterocycles. The molecule has 0 unspecified atom stereocenters. The zero-order valence-electron chi connectivity index (χ0n) is 19.0. The molecule has 2 aliphatic rings. The van der Waals surface area contributed by atoms with Crippen LogP contribution in [0.5, 0.6) is 0 Å². The van der Waals surface area contributed by atoms with Crippen molar-refractivity contribution in [3.63, 3.8) is 0 Å². The van der Waals surface area contributed by atoms with E-state index in [0.29, 0.717) is 29.7 Å². The molecule has 186 valence electrons. The molecule has 9 nitrogen and oxygen atoms in total. The smallest absolute Gasteiger partial charge is 0.338 e. The summed E-state index contributed by atoms with van der Waals surface area (Å²) in [5.41, 5.74) is 0.672. The number of carboxylic acid groups (broad SMARTS) is 1. The lowest BCUT2D eigenvalue weighted by molar-refractivity contribution is -0.155. The molecule has 0 amide bonds. The van der Waals surface area contributed by atoms with Crippen LogP contribution in [0.15, 0.2) is 46.0 Å². The Morgan fingerprint density at radius 1 is 1.34 bits per heavy atom. The van der Waals surface area contributed by atoms with E-state index in [0.717, 1.165) is 12.1 Å². The van der Waals surface area contributed by atoms with Gasteiger partial charge < -0.3 is 19.9 Å². The Kier molecular flexibility index (Phi) is 7.53. The standard InChI is InChI=1S/C23H24F2N4O5S/c1-3-33-23(32)17-16(11-29-7-8-34-12(2)19(29)22(30)31)27-20(21-26-6-9-35-21)28-18(17)13-4-5-14(24)15(25)10-13/h4-6,9-10,12,18-19H,3,7-8,11H2,1-2H3,(H,27,28)(H,30,31)/t12-,18+,19+/m1/s1. The number of carbonyl (C=O) groups excluding carboxylic acids is 1. The van der Waals surface area contributed by atoms with E-state index < -0.39 is 41.8 Å². The average Bonchev–Trinajstić information content (AvgIpc) is 3.35. The minimum atomic E-state index is -1.08. The number of esters is 1. The second-order valence-electron chi connectivity index (χ2n) is 7.96. The van der Waals surface area contributed by atoms with Gasteiger partial charge in [0.05, 0.1) is 24.9 Å². The molecule has 12 heteroatoms. The highest BCUT2D eigenvalue weighted by molar-refractivity contribution is 7.11. The SMILES string of the molecule is CCOC(=O)C1=C(CN2CCO[C@H](C)[C@H]2C(=O)O)NC(c2nccs2)=N[C@H]1c1ccc(F)c(F)c1. The number of aliphatic imine (C=N–C) groups is 1. The highest BCUT2D eigenvalue weighted by Gasteiger charge is 2.39. The summed E-state index contributed by atoms with van der Waals surface area (Å²) in [6.45, 7) is 4.05. The molecular weight excluding hydrogens is 482 g/mol. The zero-order chi connectivity index (χ0) is 25.1. The molecule has 1 fully saturated rings. The van der Waals surface area contributed by atoms with Crippen molar-refractivity contribution in [2.24, 2.45) is 4.99 Å². The Morgan fingerprint density at radius 2 is 2.14 bits per heavy atom.